The Labute approximate surface area is 122 Å². The summed E-state index contributed by atoms with van der Waals surface area (Å²) >= 11 is 0. The lowest BCUT2D eigenvalue weighted by Gasteiger charge is -2.23. The van der Waals surface area contributed by atoms with Gasteiger partial charge in [0.05, 0.1) is 23.5 Å². The quantitative estimate of drug-likeness (QED) is 0.380. The van der Waals surface area contributed by atoms with Crippen molar-refractivity contribution in [1.82, 2.24) is 14.7 Å². The fraction of sp³-hybridized carbons (Fsp3) is 0.214. The molecule has 0 fully saturated rings. The zero-order valence-electron chi connectivity index (χ0n) is 11.8. The average Bonchev–Trinajstić information content (AvgIpc) is 3.02. The minimum absolute atomic E-state index is 0.0266. The smallest absolute Gasteiger partial charge is 0.257 e. The highest BCUT2D eigenvalue weighted by Crippen LogP contribution is 2.10. The number of oxime groups is 1. The van der Waals surface area contributed by atoms with Crippen molar-refractivity contribution in [3.8, 4) is 5.69 Å². The Morgan fingerprint density at radius 3 is 2.71 bits per heavy atom. The SMILES string of the molecule is CC(C(N)=NO)N(C)C(=O)c1cnn(-c2ccccc2)c1. The lowest BCUT2D eigenvalue weighted by Crippen LogP contribution is -2.43. The first kappa shape index (κ1) is 14.6. The van der Waals surface area contributed by atoms with E-state index in [-0.39, 0.29) is 11.7 Å². The van der Waals surface area contributed by atoms with Crippen molar-refractivity contribution in [3.05, 3.63) is 48.3 Å². The van der Waals surface area contributed by atoms with Crippen molar-refractivity contribution in [3.63, 3.8) is 0 Å². The summed E-state index contributed by atoms with van der Waals surface area (Å²) in [6.45, 7) is 1.68. The van der Waals surface area contributed by atoms with E-state index in [0.717, 1.165) is 5.69 Å². The number of nitrogens with zero attached hydrogens (tertiary/aromatic N) is 4. The van der Waals surface area contributed by atoms with Crippen LogP contribution in [0, 0.1) is 0 Å². The van der Waals surface area contributed by atoms with Gasteiger partial charge in [-0.15, -0.1) is 0 Å². The zero-order chi connectivity index (χ0) is 15.4. The predicted octanol–water partition coefficient (Wildman–Crippen LogP) is 1.08. The van der Waals surface area contributed by atoms with E-state index in [1.54, 1.807) is 24.9 Å². The fourth-order valence-electron chi connectivity index (χ4n) is 1.82. The highest BCUT2D eigenvalue weighted by Gasteiger charge is 2.21. The molecule has 0 saturated carbocycles. The Morgan fingerprint density at radius 1 is 1.43 bits per heavy atom. The normalized spacial score (nSPS) is 13.0. The highest BCUT2D eigenvalue weighted by atomic mass is 16.4. The number of carbonyl (C=O) groups is 1. The van der Waals surface area contributed by atoms with E-state index in [2.05, 4.69) is 10.3 Å². The number of para-hydroxylation sites is 1. The summed E-state index contributed by atoms with van der Waals surface area (Å²) in [6.07, 6.45) is 3.14. The van der Waals surface area contributed by atoms with Crippen LogP contribution in [-0.2, 0) is 0 Å². The molecule has 1 aromatic heterocycles. The third-order valence-electron chi connectivity index (χ3n) is 3.30. The topological polar surface area (TPSA) is 96.7 Å². The second-order valence-electron chi connectivity index (χ2n) is 4.63. The van der Waals surface area contributed by atoms with Crippen LogP contribution in [0.5, 0.6) is 0 Å². The van der Waals surface area contributed by atoms with Gasteiger partial charge in [0.15, 0.2) is 5.84 Å². The zero-order valence-corrected chi connectivity index (χ0v) is 11.8. The molecule has 0 radical (unpaired) electrons. The maximum Gasteiger partial charge on any atom is 0.257 e. The molecular formula is C14H17N5O2. The van der Waals surface area contributed by atoms with E-state index in [0.29, 0.717) is 5.56 Å². The van der Waals surface area contributed by atoms with Gasteiger partial charge >= 0.3 is 0 Å². The van der Waals surface area contributed by atoms with Gasteiger partial charge in [-0.3, -0.25) is 4.79 Å². The number of amidine groups is 1. The van der Waals surface area contributed by atoms with Crippen molar-refractivity contribution in [2.45, 2.75) is 13.0 Å². The molecule has 110 valence electrons. The minimum atomic E-state index is -0.512. The van der Waals surface area contributed by atoms with E-state index in [9.17, 15) is 4.79 Å². The van der Waals surface area contributed by atoms with Gasteiger partial charge < -0.3 is 15.8 Å². The Hall–Kier alpha value is -2.83. The number of aromatic nitrogens is 2. The molecule has 0 saturated heterocycles. The Morgan fingerprint density at radius 2 is 2.10 bits per heavy atom. The Kier molecular flexibility index (Phi) is 4.22. The number of nitrogens with two attached hydrogens (primary N) is 1. The average molecular weight is 287 g/mol. The number of hydrogen-bond acceptors (Lipinski definition) is 4. The monoisotopic (exact) mass is 287 g/mol. The molecule has 2 aromatic rings. The maximum atomic E-state index is 12.3. The van der Waals surface area contributed by atoms with E-state index < -0.39 is 6.04 Å². The molecule has 0 aliphatic heterocycles. The fourth-order valence-corrected chi connectivity index (χ4v) is 1.82. The first-order valence-corrected chi connectivity index (χ1v) is 6.39. The molecule has 7 nitrogen and oxygen atoms in total. The molecule has 1 atom stereocenters. The Bertz CT molecular complexity index is 650. The summed E-state index contributed by atoms with van der Waals surface area (Å²) in [5.41, 5.74) is 6.81. The second-order valence-corrected chi connectivity index (χ2v) is 4.63. The van der Waals surface area contributed by atoms with Crippen LogP contribution in [-0.4, -0.2) is 44.7 Å². The molecular weight excluding hydrogens is 270 g/mol. The second kappa shape index (κ2) is 6.08. The first-order valence-electron chi connectivity index (χ1n) is 6.39. The Balaban J connectivity index is 2.20. The van der Waals surface area contributed by atoms with Gasteiger partial charge in [0.2, 0.25) is 0 Å². The van der Waals surface area contributed by atoms with Crippen LogP contribution < -0.4 is 5.73 Å². The van der Waals surface area contributed by atoms with Gasteiger partial charge in [0.1, 0.15) is 0 Å². The molecule has 1 unspecified atom stereocenters. The van der Waals surface area contributed by atoms with Crippen LogP contribution in [0.3, 0.4) is 0 Å². The summed E-state index contributed by atoms with van der Waals surface area (Å²) in [5, 5.41) is 15.8. The summed E-state index contributed by atoms with van der Waals surface area (Å²) in [7, 11) is 1.59. The minimum Gasteiger partial charge on any atom is -0.409 e. The summed E-state index contributed by atoms with van der Waals surface area (Å²) in [6, 6.07) is 8.97. The van der Waals surface area contributed by atoms with E-state index in [1.165, 1.54) is 11.1 Å². The largest absolute Gasteiger partial charge is 0.409 e. The van der Waals surface area contributed by atoms with Crippen molar-refractivity contribution in [2.24, 2.45) is 10.9 Å². The molecule has 1 aromatic carbocycles. The molecule has 21 heavy (non-hydrogen) atoms. The van der Waals surface area contributed by atoms with Crippen LogP contribution in [0.25, 0.3) is 5.69 Å². The number of benzene rings is 1. The predicted molar refractivity (Wildman–Crippen MR) is 78.5 cm³/mol. The number of likely N-dealkylation sites (N-methyl/N-ethyl adjacent to an activating group) is 1. The van der Waals surface area contributed by atoms with Crippen LogP contribution in [0.4, 0.5) is 0 Å². The molecule has 0 aliphatic rings. The molecule has 0 bridgehead atoms. The van der Waals surface area contributed by atoms with Crippen LogP contribution in [0.15, 0.2) is 47.9 Å². The third-order valence-corrected chi connectivity index (χ3v) is 3.30. The van der Waals surface area contributed by atoms with Gasteiger partial charge in [-0.05, 0) is 19.1 Å². The third kappa shape index (κ3) is 3.02. The molecule has 0 spiro atoms. The maximum absolute atomic E-state index is 12.3. The molecule has 2 rings (SSSR count). The van der Waals surface area contributed by atoms with Crippen molar-refractivity contribution < 1.29 is 10.0 Å². The number of amides is 1. The van der Waals surface area contributed by atoms with E-state index >= 15 is 0 Å². The summed E-state index contributed by atoms with van der Waals surface area (Å²) in [4.78, 5) is 13.7. The van der Waals surface area contributed by atoms with Gasteiger partial charge in [-0.1, -0.05) is 23.4 Å². The molecule has 3 N–H and O–H groups in total. The van der Waals surface area contributed by atoms with Gasteiger partial charge in [-0.2, -0.15) is 5.10 Å². The lowest BCUT2D eigenvalue weighted by molar-refractivity contribution is 0.0776. The van der Waals surface area contributed by atoms with Crippen LogP contribution in [0.2, 0.25) is 0 Å². The first-order chi connectivity index (χ1) is 10.0. The molecule has 0 aliphatic carbocycles. The van der Waals surface area contributed by atoms with Crippen LogP contribution in [0.1, 0.15) is 17.3 Å². The van der Waals surface area contributed by atoms with Gasteiger partial charge in [0, 0.05) is 13.2 Å². The van der Waals surface area contributed by atoms with Crippen molar-refractivity contribution in [2.75, 3.05) is 7.05 Å². The van der Waals surface area contributed by atoms with Gasteiger partial charge in [-0.25, -0.2) is 4.68 Å². The molecule has 7 heteroatoms. The van der Waals surface area contributed by atoms with Gasteiger partial charge in [0.25, 0.3) is 5.91 Å². The number of rotatable bonds is 4. The van der Waals surface area contributed by atoms with Crippen molar-refractivity contribution >= 4 is 11.7 Å². The standard InChI is InChI=1S/C14H17N5O2/c1-10(13(15)17-21)18(2)14(20)11-8-16-19(9-11)12-6-4-3-5-7-12/h3-10,21H,1-2H3,(H2,15,17). The highest BCUT2D eigenvalue weighted by molar-refractivity contribution is 5.97. The summed E-state index contributed by atoms with van der Waals surface area (Å²) in [5.74, 6) is -0.280. The molecule has 1 amide bonds. The summed E-state index contributed by atoms with van der Waals surface area (Å²) < 4.78 is 1.62. The molecule has 1 heterocycles. The number of carbonyl (C=O) groups excluding carboxylic acids is 1. The van der Waals surface area contributed by atoms with E-state index in [4.69, 9.17) is 10.9 Å². The van der Waals surface area contributed by atoms with E-state index in [1.807, 2.05) is 30.3 Å². The lowest BCUT2D eigenvalue weighted by atomic mass is 10.2. The number of hydrogen-bond donors (Lipinski definition) is 2. The van der Waals surface area contributed by atoms with Crippen LogP contribution >= 0.6 is 0 Å². The van der Waals surface area contributed by atoms with Crippen molar-refractivity contribution in [1.29, 1.82) is 0 Å².